The summed E-state index contributed by atoms with van der Waals surface area (Å²) in [5, 5.41) is 18.5. The SMILES string of the molecule is CO[C@]1(C(=O)N[C@@H](C)c2ccc(-n3cc(F)cn3)nc2)CC[C@H](c2cc3ncccc3c(Nc3cc(C)[nH]n3)n2)CC1. The number of methoxy groups -OCH3 is 1. The number of fused-ring (bicyclic) bond motifs is 1. The number of aryl methyl sites for hydroxylation is 1. The van der Waals surface area contributed by atoms with Crippen molar-refractivity contribution in [2.24, 2.45) is 0 Å². The largest absolute Gasteiger partial charge is 0.368 e. The molecule has 5 aromatic rings. The summed E-state index contributed by atoms with van der Waals surface area (Å²) in [7, 11) is 1.59. The lowest BCUT2D eigenvalue weighted by Gasteiger charge is -2.38. The van der Waals surface area contributed by atoms with Gasteiger partial charge in [-0.05, 0) is 69.4 Å². The normalized spacial score (nSPS) is 19.5. The minimum atomic E-state index is -0.937. The van der Waals surface area contributed by atoms with Gasteiger partial charge in [-0.3, -0.25) is 14.9 Å². The van der Waals surface area contributed by atoms with Crippen LogP contribution in [0, 0.1) is 12.7 Å². The van der Waals surface area contributed by atoms with Crippen molar-refractivity contribution in [1.82, 2.24) is 40.2 Å². The number of carbonyl (C=O) groups is 1. The molecule has 0 saturated heterocycles. The van der Waals surface area contributed by atoms with Gasteiger partial charge in [0.2, 0.25) is 0 Å². The second kappa shape index (κ2) is 11.3. The molecule has 11 nitrogen and oxygen atoms in total. The lowest BCUT2D eigenvalue weighted by molar-refractivity contribution is -0.148. The Morgan fingerprint density at radius 1 is 1.19 bits per heavy atom. The molecule has 0 aliphatic heterocycles. The van der Waals surface area contributed by atoms with Crippen LogP contribution < -0.4 is 10.6 Å². The first kappa shape index (κ1) is 27.5. The number of rotatable bonds is 8. The van der Waals surface area contributed by atoms with E-state index in [4.69, 9.17) is 9.72 Å². The number of ether oxygens (including phenoxy) is 1. The summed E-state index contributed by atoms with van der Waals surface area (Å²) in [6, 6.07) is 11.1. The second-order valence-corrected chi connectivity index (χ2v) is 10.7. The summed E-state index contributed by atoms with van der Waals surface area (Å²) in [5.74, 6) is 1.44. The molecule has 5 heterocycles. The molecule has 6 rings (SSSR count). The van der Waals surface area contributed by atoms with Gasteiger partial charge in [0.05, 0.1) is 24.0 Å². The third-order valence-corrected chi connectivity index (χ3v) is 7.99. The van der Waals surface area contributed by atoms with Gasteiger partial charge in [0, 0.05) is 48.3 Å². The minimum Gasteiger partial charge on any atom is -0.368 e. The molecule has 1 aliphatic rings. The molecule has 5 aromatic heterocycles. The van der Waals surface area contributed by atoms with E-state index in [1.807, 2.05) is 44.2 Å². The van der Waals surface area contributed by atoms with E-state index < -0.39 is 11.4 Å². The van der Waals surface area contributed by atoms with Gasteiger partial charge in [-0.15, -0.1) is 0 Å². The number of hydrogen-bond acceptors (Lipinski definition) is 8. The quantitative estimate of drug-likeness (QED) is 0.236. The molecular weight excluding hydrogens is 537 g/mol. The number of halogens is 1. The maximum atomic E-state index is 13.5. The summed E-state index contributed by atoms with van der Waals surface area (Å²) in [6.07, 6.45) is 8.39. The van der Waals surface area contributed by atoms with Crippen molar-refractivity contribution in [2.75, 3.05) is 12.4 Å². The Bertz CT molecular complexity index is 1710. The fourth-order valence-corrected chi connectivity index (χ4v) is 5.53. The number of anilines is 2. The highest BCUT2D eigenvalue weighted by Gasteiger charge is 2.43. The molecule has 0 radical (unpaired) electrons. The summed E-state index contributed by atoms with van der Waals surface area (Å²) >= 11 is 0. The molecular formula is C30H32FN9O2. The van der Waals surface area contributed by atoms with Crippen molar-refractivity contribution in [1.29, 1.82) is 0 Å². The molecule has 1 aliphatic carbocycles. The van der Waals surface area contributed by atoms with Crippen LogP contribution in [0.2, 0.25) is 0 Å². The van der Waals surface area contributed by atoms with E-state index in [9.17, 15) is 9.18 Å². The van der Waals surface area contributed by atoms with Crippen LogP contribution in [0.5, 0.6) is 0 Å². The number of carbonyl (C=O) groups excluding carboxylic acids is 1. The summed E-state index contributed by atoms with van der Waals surface area (Å²) in [5.41, 5.74) is 2.61. The molecule has 0 bridgehead atoms. The lowest BCUT2D eigenvalue weighted by atomic mass is 9.76. The maximum absolute atomic E-state index is 13.5. The number of amides is 1. The predicted octanol–water partition coefficient (Wildman–Crippen LogP) is 5.04. The molecule has 0 aromatic carbocycles. The number of nitrogens with one attached hydrogen (secondary N) is 3. The van der Waals surface area contributed by atoms with E-state index in [0.29, 0.717) is 30.3 Å². The Morgan fingerprint density at radius 2 is 2.02 bits per heavy atom. The van der Waals surface area contributed by atoms with Gasteiger partial charge >= 0.3 is 0 Å². The highest BCUT2D eigenvalue weighted by molar-refractivity contribution is 5.91. The zero-order valence-corrected chi connectivity index (χ0v) is 23.6. The number of pyridine rings is 3. The van der Waals surface area contributed by atoms with Gasteiger partial charge in [-0.2, -0.15) is 10.2 Å². The zero-order chi connectivity index (χ0) is 29.3. The van der Waals surface area contributed by atoms with Crippen molar-refractivity contribution in [2.45, 2.75) is 57.1 Å². The average molecular weight is 570 g/mol. The molecule has 3 N–H and O–H groups in total. The van der Waals surface area contributed by atoms with Crippen molar-refractivity contribution >= 4 is 28.4 Å². The van der Waals surface area contributed by atoms with Crippen molar-refractivity contribution in [3.05, 3.63) is 84.0 Å². The first-order chi connectivity index (χ1) is 20.3. The second-order valence-electron chi connectivity index (χ2n) is 10.7. The van der Waals surface area contributed by atoms with E-state index in [1.54, 1.807) is 25.6 Å². The van der Waals surface area contributed by atoms with Crippen LogP contribution in [0.1, 0.15) is 61.5 Å². The minimum absolute atomic E-state index is 0.148. The topological polar surface area (TPSA) is 136 Å². The lowest BCUT2D eigenvalue weighted by Crippen LogP contribution is -2.50. The van der Waals surface area contributed by atoms with E-state index in [0.717, 1.165) is 46.9 Å². The number of aromatic nitrogens is 7. The number of aromatic amines is 1. The van der Waals surface area contributed by atoms with Gasteiger partial charge in [-0.1, -0.05) is 6.07 Å². The average Bonchev–Trinajstić information content (AvgIpc) is 3.64. The fraction of sp³-hybridized carbons (Fsp3) is 0.333. The third-order valence-electron chi connectivity index (χ3n) is 7.99. The predicted molar refractivity (Wildman–Crippen MR) is 155 cm³/mol. The van der Waals surface area contributed by atoms with Crippen LogP contribution in [0.15, 0.2) is 61.2 Å². The number of nitrogens with zero attached hydrogens (tertiary/aromatic N) is 6. The first-order valence-corrected chi connectivity index (χ1v) is 13.9. The third kappa shape index (κ3) is 5.45. The molecule has 1 atom stereocenters. The summed E-state index contributed by atoms with van der Waals surface area (Å²) in [4.78, 5) is 27.5. The Hall–Kier alpha value is -4.71. The van der Waals surface area contributed by atoms with E-state index in [-0.39, 0.29) is 17.9 Å². The van der Waals surface area contributed by atoms with Gasteiger partial charge < -0.3 is 15.4 Å². The van der Waals surface area contributed by atoms with Crippen molar-refractivity contribution < 1.29 is 13.9 Å². The highest BCUT2D eigenvalue weighted by atomic mass is 19.1. The molecule has 1 fully saturated rings. The molecule has 42 heavy (non-hydrogen) atoms. The Kier molecular flexibility index (Phi) is 7.38. The summed E-state index contributed by atoms with van der Waals surface area (Å²) < 4.78 is 20.6. The number of H-pyrrole nitrogens is 1. The molecule has 216 valence electrons. The van der Waals surface area contributed by atoms with Crippen LogP contribution >= 0.6 is 0 Å². The van der Waals surface area contributed by atoms with E-state index in [2.05, 4.69) is 35.9 Å². The molecule has 12 heteroatoms. The van der Waals surface area contributed by atoms with E-state index in [1.165, 1.54) is 10.9 Å². The smallest absolute Gasteiger partial charge is 0.252 e. The van der Waals surface area contributed by atoms with Crippen LogP contribution in [0.4, 0.5) is 16.0 Å². The van der Waals surface area contributed by atoms with Crippen LogP contribution in [0.3, 0.4) is 0 Å². The molecule has 1 amide bonds. The molecule has 0 unspecified atom stereocenters. The van der Waals surface area contributed by atoms with Crippen molar-refractivity contribution in [3.8, 4) is 5.82 Å². The Labute approximate surface area is 241 Å². The van der Waals surface area contributed by atoms with Gasteiger partial charge in [-0.25, -0.2) is 19.0 Å². The monoisotopic (exact) mass is 569 g/mol. The summed E-state index contributed by atoms with van der Waals surface area (Å²) in [6.45, 7) is 3.85. The fourth-order valence-electron chi connectivity index (χ4n) is 5.53. The Morgan fingerprint density at radius 3 is 2.69 bits per heavy atom. The first-order valence-electron chi connectivity index (χ1n) is 13.9. The molecule has 0 spiro atoms. The highest BCUT2D eigenvalue weighted by Crippen LogP contribution is 2.41. The van der Waals surface area contributed by atoms with Gasteiger partial charge in [0.25, 0.3) is 5.91 Å². The maximum Gasteiger partial charge on any atom is 0.252 e. The zero-order valence-electron chi connectivity index (χ0n) is 23.6. The number of hydrogen-bond donors (Lipinski definition) is 3. The van der Waals surface area contributed by atoms with Gasteiger partial charge in [0.1, 0.15) is 11.4 Å². The van der Waals surface area contributed by atoms with Crippen LogP contribution in [-0.4, -0.2) is 53.5 Å². The standard InChI is InChI=1S/C30H32FN9O2/c1-18-13-26(39-38-18)37-28-23-5-4-12-32-25(23)14-24(36-28)20-8-10-30(42-3,11-9-20)29(41)35-19(2)21-6-7-27(33-15-21)40-17-22(31)16-34-40/h4-7,12-17,19-20H,8-11H2,1-3H3,(H,35,41)(H2,36,37,38,39)/t19-,20-,30+/m0/s1. The van der Waals surface area contributed by atoms with Crippen molar-refractivity contribution in [3.63, 3.8) is 0 Å². The van der Waals surface area contributed by atoms with Crippen LogP contribution in [0.25, 0.3) is 16.7 Å². The van der Waals surface area contributed by atoms with E-state index >= 15 is 0 Å². The van der Waals surface area contributed by atoms with Crippen LogP contribution in [-0.2, 0) is 9.53 Å². The molecule has 1 saturated carbocycles. The van der Waals surface area contributed by atoms with Gasteiger partial charge in [0.15, 0.2) is 17.5 Å². The Balaban J connectivity index is 1.14.